The lowest BCUT2D eigenvalue weighted by molar-refractivity contribution is -0.0133. The second-order valence-electron chi connectivity index (χ2n) is 6.76. The highest BCUT2D eigenvalue weighted by atomic mass is 16.5. The molecule has 3 nitrogen and oxygen atoms in total. The second-order valence-corrected chi connectivity index (χ2v) is 6.76. The summed E-state index contributed by atoms with van der Waals surface area (Å²) < 4.78 is 5.18. The van der Waals surface area contributed by atoms with E-state index in [2.05, 4.69) is 31.3 Å². The Morgan fingerprint density at radius 2 is 2.10 bits per heavy atom. The van der Waals surface area contributed by atoms with Crippen molar-refractivity contribution in [1.29, 1.82) is 0 Å². The molecule has 1 aliphatic rings. The van der Waals surface area contributed by atoms with E-state index in [1.54, 1.807) is 7.11 Å². The van der Waals surface area contributed by atoms with E-state index in [9.17, 15) is 5.11 Å². The highest BCUT2D eigenvalue weighted by Crippen LogP contribution is 2.31. The fourth-order valence-corrected chi connectivity index (χ4v) is 3.34. The Hall–Kier alpha value is -1.06. The van der Waals surface area contributed by atoms with Crippen molar-refractivity contribution in [2.75, 3.05) is 13.7 Å². The zero-order valence-corrected chi connectivity index (χ0v) is 13.6. The van der Waals surface area contributed by atoms with Crippen LogP contribution in [0.2, 0.25) is 0 Å². The molecule has 0 amide bonds. The Morgan fingerprint density at radius 1 is 1.38 bits per heavy atom. The fraction of sp³-hybridized carbons (Fsp3) is 0.667. The third kappa shape index (κ3) is 5.01. The molecule has 21 heavy (non-hydrogen) atoms. The minimum atomic E-state index is -0.508. The van der Waals surface area contributed by atoms with Crippen LogP contribution >= 0.6 is 0 Å². The van der Waals surface area contributed by atoms with E-state index >= 15 is 0 Å². The van der Waals surface area contributed by atoms with Gasteiger partial charge in [0, 0.05) is 12.6 Å². The third-order valence-corrected chi connectivity index (χ3v) is 4.55. The highest BCUT2D eigenvalue weighted by Gasteiger charge is 2.32. The smallest absolute Gasteiger partial charge is 0.118 e. The first-order valence-corrected chi connectivity index (χ1v) is 8.09. The molecule has 3 unspecified atom stereocenters. The van der Waals surface area contributed by atoms with Crippen molar-refractivity contribution < 1.29 is 9.84 Å². The summed E-state index contributed by atoms with van der Waals surface area (Å²) in [4.78, 5) is 0. The largest absolute Gasteiger partial charge is 0.497 e. The lowest BCUT2D eigenvalue weighted by atomic mass is 9.79. The normalized spacial score (nSPS) is 27.3. The lowest BCUT2D eigenvalue weighted by Gasteiger charge is -2.36. The van der Waals surface area contributed by atoms with Gasteiger partial charge in [-0.2, -0.15) is 0 Å². The van der Waals surface area contributed by atoms with Gasteiger partial charge in [-0.05, 0) is 49.8 Å². The fourth-order valence-electron chi connectivity index (χ4n) is 3.34. The van der Waals surface area contributed by atoms with Gasteiger partial charge >= 0.3 is 0 Å². The summed E-state index contributed by atoms with van der Waals surface area (Å²) in [6, 6.07) is 8.57. The van der Waals surface area contributed by atoms with Gasteiger partial charge in [-0.1, -0.05) is 31.9 Å². The number of ether oxygens (including phenoxy) is 1. The van der Waals surface area contributed by atoms with Gasteiger partial charge in [0.15, 0.2) is 0 Å². The van der Waals surface area contributed by atoms with Crippen molar-refractivity contribution in [3.63, 3.8) is 0 Å². The Kier molecular flexibility index (Phi) is 5.65. The molecule has 118 valence electrons. The van der Waals surface area contributed by atoms with Crippen molar-refractivity contribution in [2.45, 2.75) is 57.6 Å². The molecular weight excluding hydrogens is 262 g/mol. The quantitative estimate of drug-likeness (QED) is 0.846. The first-order chi connectivity index (χ1) is 10.0. The van der Waals surface area contributed by atoms with Gasteiger partial charge in [0.1, 0.15) is 5.75 Å². The molecule has 2 N–H and O–H groups in total. The second kappa shape index (κ2) is 7.28. The molecule has 0 spiro atoms. The third-order valence-electron chi connectivity index (χ3n) is 4.55. The van der Waals surface area contributed by atoms with Crippen molar-refractivity contribution in [3.8, 4) is 5.75 Å². The van der Waals surface area contributed by atoms with Crippen LogP contribution in [0.3, 0.4) is 0 Å². The molecule has 1 aromatic rings. The van der Waals surface area contributed by atoms with Crippen LogP contribution < -0.4 is 10.1 Å². The van der Waals surface area contributed by atoms with E-state index in [-0.39, 0.29) is 0 Å². The van der Waals surface area contributed by atoms with Crippen LogP contribution in [0.5, 0.6) is 5.75 Å². The molecular formula is C18H29NO2. The Morgan fingerprint density at radius 3 is 2.71 bits per heavy atom. The summed E-state index contributed by atoms with van der Waals surface area (Å²) in [6.45, 7) is 5.12. The molecule has 0 heterocycles. The minimum absolute atomic E-state index is 0.361. The molecule has 0 radical (unpaired) electrons. The number of benzene rings is 1. The number of nitrogens with one attached hydrogen (secondary N) is 1. The molecule has 1 saturated carbocycles. The summed E-state index contributed by atoms with van der Waals surface area (Å²) in [5, 5.41) is 14.2. The van der Waals surface area contributed by atoms with E-state index in [1.165, 1.54) is 12.0 Å². The average Bonchev–Trinajstić information content (AvgIpc) is 2.46. The molecule has 0 aliphatic heterocycles. The summed E-state index contributed by atoms with van der Waals surface area (Å²) in [5.74, 6) is 1.53. The van der Waals surface area contributed by atoms with Crippen LogP contribution in [0.4, 0.5) is 0 Å². The molecule has 0 saturated heterocycles. The van der Waals surface area contributed by atoms with E-state index < -0.39 is 5.60 Å². The maximum atomic E-state index is 10.6. The number of hydrogen-bond acceptors (Lipinski definition) is 3. The predicted molar refractivity (Wildman–Crippen MR) is 86.7 cm³/mol. The van der Waals surface area contributed by atoms with Crippen LogP contribution in [0.25, 0.3) is 0 Å². The van der Waals surface area contributed by atoms with Crippen LogP contribution in [-0.4, -0.2) is 30.4 Å². The van der Waals surface area contributed by atoms with Gasteiger partial charge in [0.2, 0.25) is 0 Å². The van der Waals surface area contributed by atoms with Gasteiger partial charge in [0.05, 0.1) is 12.7 Å². The van der Waals surface area contributed by atoms with Crippen LogP contribution in [-0.2, 0) is 6.42 Å². The average molecular weight is 291 g/mol. The van der Waals surface area contributed by atoms with Crippen molar-refractivity contribution in [3.05, 3.63) is 29.8 Å². The molecule has 0 aromatic heterocycles. The van der Waals surface area contributed by atoms with Crippen molar-refractivity contribution in [2.24, 2.45) is 5.92 Å². The van der Waals surface area contributed by atoms with E-state index in [0.717, 1.165) is 31.4 Å². The first-order valence-electron chi connectivity index (χ1n) is 8.09. The molecule has 0 bridgehead atoms. The number of rotatable bonds is 6. The highest BCUT2D eigenvalue weighted by molar-refractivity contribution is 5.27. The summed E-state index contributed by atoms with van der Waals surface area (Å²) in [5.41, 5.74) is 0.783. The van der Waals surface area contributed by atoms with Gasteiger partial charge < -0.3 is 15.2 Å². The lowest BCUT2D eigenvalue weighted by Crippen LogP contribution is -2.46. The summed E-state index contributed by atoms with van der Waals surface area (Å²) in [7, 11) is 1.69. The topological polar surface area (TPSA) is 41.5 Å². The number of aliphatic hydroxyl groups is 1. The predicted octanol–water partition coefficient (Wildman–Crippen LogP) is 3.16. The van der Waals surface area contributed by atoms with Crippen molar-refractivity contribution in [1.82, 2.24) is 5.32 Å². The van der Waals surface area contributed by atoms with Gasteiger partial charge in [-0.15, -0.1) is 0 Å². The Labute approximate surface area is 128 Å². The van der Waals surface area contributed by atoms with Crippen molar-refractivity contribution >= 4 is 0 Å². The van der Waals surface area contributed by atoms with Gasteiger partial charge in [-0.3, -0.25) is 0 Å². The molecule has 1 aromatic carbocycles. The van der Waals surface area contributed by atoms with Gasteiger partial charge in [-0.25, -0.2) is 0 Å². The van der Waals surface area contributed by atoms with Crippen LogP contribution in [0, 0.1) is 5.92 Å². The standard InChI is InChI=1S/C18H29NO2/c1-14-5-4-10-18(20,12-14)13-19-15(2)11-16-6-8-17(21-3)9-7-16/h6-9,14-15,19-20H,4-5,10-13H2,1-3H3. The van der Waals surface area contributed by atoms with E-state index in [1.807, 2.05) is 12.1 Å². The molecule has 3 atom stereocenters. The first kappa shape index (κ1) is 16.3. The number of hydrogen-bond donors (Lipinski definition) is 2. The zero-order chi connectivity index (χ0) is 15.3. The van der Waals surface area contributed by atoms with Crippen LogP contribution in [0.1, 0.15) is 45.1 Å². The number of methoxy groups -OCH3 is 1. The van der Waals surface area contributed by atoms with Gasteiger partial charge in [0.25, 0.3) is 0 Å². The molecule has 3 heteroatoms. The molecule has 2 rings (SSSR count). The summed E-state index contributed by atoms with van der Waals surface area (Å²) in [6.07, 6.45) is 5.22. The van der Waals surface area contributed by atoms with E-state index in [0.29, 0.717) is 18.5 Å². The summed E-state index contributed by atoms with van der Waals surface area (Å²) >= 11 is 0. The Balaban J connectivity index is 1.79. The minimum Gasteiger partial charge on any atom is -0.497 e. The van der Waals surface area contributed by atoms with Crippen LogP contribution in [0.15, 0.2) is 24.3 Å². The van der Waals surface area contributed by atoms with E-state index in [4.69, 9.17) is 4.74 Å². The SMILES string of the molecule is COc1ccc(CC(C)NCC2(O)CCCC(C)C2)cc1. The maximum Gasteiger partial charge on any atom is 0.118 e. The maximum absolute atomic E-state index is 10.6. The monoisotopic (exact) mass is 291 g/mol. The Bertz CT molecular complexity index is 431. The zero-order valence-electron chi connectivity index (χ0n) is 13.6. The molecule has 1 aliphatic carbocycles. The molecule has 1 fully saturated rings.